The lowest BCUT2D eigenvalue weighted by Gasteiger charge is -2.24. The van der Waals surface area contributed by atoms with Gasteiger partial charge in [-0.1, -0.05) is 36.0 Å². The smallest absolute Gasteiger partial charge is 0.237 e. The maximum Gasteiger partial charge on any atom is 0.237 e. The summed E-state index contributed by atoms with van der Waals surface area (Å²) in [5.41, 5.74) is 1.58. The predicted octanol–water partition coefficient (Wildman–Crippen LogP) is 4.10. The molecule has 0 aromatic heterocycles. The summed E-state index contributed by atoms with van der Waals surface area (Å²) in [6.45, 7) is 1.67. The number of carbonyl (C=O) groups is 1. The Morgan fingerprint density at radius 3 is 2.55 bits per heavy atom. The number of fused-ring (bicyclic) bond motifs is 2. The van der Waals surface area contributed by atoms with Gasteiger partial charge in [-0.25, -0.2) is 0 Å². The quantitative estimate of drug-likeness (QED) is 0.823. The molecule has 0 saturated heterocycles. The van der Waals surface area contributed by atoms with Gasteiger partial charge in [0.1, 0.15) is 0 Å². The topological polar surface area (TPSA) is 23.6 Å². The first-order valence-corrected chi connectivity index (χ1v) is 8.67. The Morgan fingerprint density at radius 1 is 1.23 bits per heavy atom. The fourth-order valence-electron chi connectivity index (χ4n) is 3.90. The molecule has 0 unspecified atom stereocenters. The van der Waals surface area contributed by atoms with Gasteiger partial charge >= 0.3 is 0 Å². The van der Waals surface area contributed by atoms with Gasteiger partial charge in [-0.2, -0.15) is 0 Å². The lowest BCUT2D eigenvalue weighted by atomic mass is 9.80. The van der Waals surface area contributed by atoms with Crippen LogP contribution in [0.5, 0.6) is 0 Å². The number of nitrogens with zero attached hydrogens (tertiary/aromatic N) is 2. The van der Waals surface area contributed by atoms with Crippen LogP contribution >= 0.6 is 23.2 Å². The molecule has 1 aromatic carbocycles. The first-order chi connectivity index (χ1) is 10.5. The van der Waals surface area contributed by atoms with Crippen LogP contribution in [-0.2, 0) is 10.2 Å². The molecule has 1 aliphatic carbocycles. The molecule has 3 nitrogen and oxygen atoms in total. The first-order valence-electron chi connectivity index (χ1n) is 7.92. The maximum atomic E-state index is 13.1. The Kier molecular flexibility index (Phi) is 4.41. The van der Waals surface area contributed by atoms with E-state index in [1.807, 2.05) is 25.1 Å². The number of rotatable bonds is 4. The van der Waals surface area contributed by atoms with Crippen molar-refractivity contribution in [2.45, 2.75) is 37.5 Å². The van der Waals surface area contributed by atoms with Crippen molar-refractivity contribution in [2.75, 3.05) is 32.1 Å². The standard InChI is InChI=1S/C17H22Cl2N2O/c1-20(2)8-5-9-21-15-13(10-12(18)11-14(15)19)17(16(21)22)6-3-4-7-17/h10-11H,3-9H2,1-2H3. The molecular weight excluding hydrogens is 319 g/mol. The zero-order valence-electron chi connectivity index (χ0n) is 13.2. The summed E-state index contributed by atoms with van der Waals surface area (Å²) in [5, 5.41) is 1.22. The van der Waals surface area contributed by atoms with Gasteiger partial charge in [0.25, 0.3) is 0 Å². The molecule has 0 radical (unpaired) electrons. The van der Waals surface area contributed by atoms with E-state index in [9.17, 15) is 4.79 Å². The fraction of sp³-hybridized carbons (Fsp3) is 0.588. The largest absolute Gasteiger partial charge is 0.310 e. The van der Waals surface area contributed by atoms with Gasteiger partial charge in [-0.15, -0.1) is 0 Å². The molecule has 1 saturated carbocycles. The van der Waals surface area contributed by atoms with Crippen LogP contribution in [0, 0.1) is 0 Å². The van der Waals surface area contributed by atoms with Gasteiger partial charge < -0.3 is 9.80 Å². The highest BCUT2D eigenvalue weighted by molar-refractivity contribution is 6.38. The van der Waals surface area contributed by atoms with E-state index in [-0.39, 0.29) is 11.3 Å². The van der Waals surface area contributed by atoms with Crippen molar-refractivity contribution in [1.29, 1.82) is 0 Å². The Labute approximate surface area is 142 Å². The minimum Gasteiger partial charge on any atom is -0.310 e. The lowest BCUT2D eigenvalue weighted by molar-refractivity contribution is -0.123. The summed E-state index contributed by atoms with van der Waals surface area (Å²) in [6.07, 6.45) is 4.97. The van der Waals surface area contributed by atoms with Crippen molar-refractivity contribution in [3.05, 3.63) is 27.7 Å². The molecule has 0 bridgehead atoms. The van der Waals surface area contributed by atoms with Crippen LogP contribution in [0.1, 0.15) is 37.7 Å². The van der Waals surface area contributed by atoms with Crippen LogP contribution in [0.15, 0.2) is 12.1 Å². The summed E-state index contributed by atoms with van der Waals surface area (Å²) in [7, 11) is 4.09. The number of anilines is 1. The highest BCUT2D eigenvalue weighted by Gasteiger charge is 2.52. The van der Waals surface area contributed by atoms with E-state index in [2.05, 4.69) is 4.90 Å². The lowest BCUT2D eigenvalue weighted by Crippen LogP contribution is -2.39. The molecule has 0 atom stereocenters. The van der Waals surface area contributed by atoms with Crippen molar-refractivity contribution in [2.24, 2.45) is 0 Å². The van der Waals surface area contributed by atoms with Crippen LogP contribution in [0.2, 0.25) is 10.0 Å². The second-order valence-corrected chi connectivity index (χ2v) is 7.53. The number of halogens is 2. The molecule has 1 aliphatic heterocycles. The van der Waals surface area contributed by atoms with E-state index in [0.717, 1.165) is 49.9 Å². The molecule has 1 fully saturated rings. The molecular formula is C17H22Cl2N2O. The molecule has 5 heteroatoms. The van der Waals surface area contributed by atoms with Gasteiger partial charge in [0.05, 0.1) is 16.1 Å². The van der Waals surface area contributed by atoms with Gasteiger partial charge in [0, 0.05) is 11.6 Å². The molecule has 120 valence electrons. The number of carbonyl (C=O) groups excluding carboxylic acids is 1. The van der Waals surface area contributed by atoms with Crippen molar-refractivity contribution in [3.8, 4) is 0 Å². The molecule has 2 aliphatic rings. The molecule has 0 N–H and O–H groups in total. The normalized spacial score (nSPS) is 19.5. The number of hydrogen-bond donors (Lipinski definition) is 0. The predicted molar refractivity (Wildman–Crippen MR) is 92.1 cm³/mol. The summed E-state index contributed by atoms with van der Waals surface area (Å²) >= 11 is 12.7. The van der Waals surface area contributed by atoms with Crippen LogP contribution in [0.3, 0.4) is 0 Å². The molecule has 22 heavy (non-hydrogen) atoms. The van der Waals surface area contributed by atoms with Crippen LogP contribution in [0.25, 0.3) is 0 Å². The summed E-state index contributed by atoms with van der Waals surface area (Å²) in [6, 6.07) is 3.71. The van der Waals surface area contributed by atoms with E-state index in [1.165, 1.54) is 0 Å². The van der Waals surface area contributed by atoms with Gasteiger partial charge in [-0.3, -0.25) is 4.79 Å². The third kappa shape index (κ3) is 2.53. The summed E-state index contributed by atoms with van der Waals surface area (Å²) < 4.78 is 0. The van der Waals surface area contributed by atoms with E-state index >= 15 is 0 Å². The zero-order chi connectivity index (χ0) is 15.9. The monoisotopic (exact) mass is 340 g/mol. The van der Waals surface area contributed by atoms with Crippen molar-refractivity contribution < 1.29 is 4.79 Å². The highest BCUT2D eigenvalue weighted by Crippen LogP contribution is 2.54. The Bertz CT molecular complexity index is 595. The second kappa shape index (κ2) is 6.03. The van der Waals surface area contributed by atoms with Crippen molar-refractivity contribution in [3.63, 3.8) is 0 Å². The Hall–Kier alpha value is -0.770. The third-order valence-corrected chi connectivity index (χ3v) is 5.42. The van der Waals surface area contributed by atoms with Gasteiger partial charge in [0.2, 0.25) is 5.91 Å². The fourth-order valence-corrected chi connectivity index (χ4v) is 4.50. The van der Waals surface area contributed by atoms with Gasteiger partial charge in [0.15, 0.2) is 0 Å². The Morgan fingerprint density at radius 2 is 1.91 bits per heavy atom. The first kappa shape index (κ1) is 16.1. The van der Waals surface area contributed by atoms with Crippen LogP contribution in [0.4, 0.5) is 5.69 Å². The number of hydrogen-bond acceptors (Lipinski definition) is 2. The molecule has 3 rings (SSSR count). The summed E-state index contributed by atoms with van der Waals surface area (Å²) in [5.74, 6) is 0.225. The average Bonchev–Trinajstić information content (AvgIpc) is 3.00. The number of benzene rings is 1. The van der Waals surface area contributed by atoms with Crippen LogP contribution < -0.4 is 4.90 Å². The second-order valence-electron chi connectivity index (χ2n) is 6.69. The SMILES string of the molecule is CN(C)CCCN1C(=O)C2(CCCC2)c2cc(Cl)cc(Cl)c21. The molecule has 1 spiro atoms. The highest BCUT2D eigenvalue weighted by atomic mass is 35.5. The minimum atomic E-state index is -0.373. The van der Waals surface area contributed by atoms with E-state index in [4.69, 9.17) is 23.2 Å². The molecule has 1 aromatic rings. The maximum absolute atomic E-state index is 13.1. The molecule has 1 amide bonds. The summed E-state index contributed by atoms with van der Waals surface area (Å²) in [4.78, 5) is 17.2. The van der Waals surface area contributed by atoms with Crippen molar-refractivity contribution >= 4 is 34.8 Å². The van der Waals surface area contributed by atoms with E-state index < -0.39 is 0 Å². The van der Waals surface area contributed by atoms with Gasteiger partial charge in [-0.05, 0) is 57.6 Å². The molecule has 1 heterocycles. The van der Waals surface area contributed by atoms with Crippen LogP contribution in [-0.4, -0.2) is 38.0 Å². The van der Waals surface area contributed by atoms with E-state index in [0.29, 0.717) is 16.6 Å². The zero-order valence-corrected chi connectivity index (χ0v) is 14.7. The third-order valence-electron chi connectivity index (χ3n) is 4.91. The van der Waals surface area contributed by atoms with Crippen molar-refractivity contribution in [1.82, 2.24) is 4.90 Å². The minimum absolute atomic E-state index is 0.225. The average molecular weight is 341 g/mol. The number of amides is 1. The Balaban J connectivity index is 1.98. The van der Waals surface area contributed by atoms with E-state index in [1.54, 1.807) is 6.07 Å².